The van der Waals surface area contributed by atoms with Crippen molar-refractivity contribution in [2.24, 2.45) is 0 Å². The minimum absolute atomic E-state index is 0.156. The molecule has 4 aromatic rings. The molecule has 0 N–H and O–H groups in total. The minimum atomic E-state index is 0.156. The molecule has 2 aromatic heterocycles. The maximum Gasteiger partial charge on any atom is 0.234 e. The average Bonchev–Trinajstić information content (AvgIpc) is 3.17. The zero-order valence-electron chi connectivity index (χ0n) is 14.6. The van der Waals surface area contributed by atoms with E-state index in [0.717, 1.165) is 27.8 Å². The lowest BCUT2D eigenvalue weighted by molar-refractivity contribution is 0.590. The molecule has 0 saturated carbocycles. The van der Waals surface area contributed by atoms with Crippen LogP contribution in [-0.4, -0.2) is 19.8 Å². The second-order valence-electron chi connectivity index (χ2n) is 7.21. The largest absolute Gasteiger partial charge is 0.234 e. The zero-order valence-corrected chi connectivity index (χ0v) is 15.4. The van der Waals surface area contributed by atoms with Crippen LogP contribution in [0.4, 0.5) is 0 Å². The molecule has 4 nitrogen and oxygen atoms in total. The SMILES string of the molecule is CC(C)(C)c1ccc(-c2nn3c(Cc4ccccc4)nnc3s2)cc1. The highest BCUT2D eigenvalue weighted by molar-refractivity contribution is 7.19. The van der Waals surface area contributed by atoms with Gasteiger partial charge in [-0.2, -0.15) is 9.61 Å². The molecule has 0 aliphatic rings. The van der Waals surface area contributed by atoms with E-state index in [2.05, 4.69) is 67.4 Å². The van der Waals surface area contributed by atoms with Crippen LogP contribution in [0.2, 0.25) is 0 Å². The lowest BCUT2D eigenvalue weighted by Crippen LogP contribution is -2.10. The van der Waals surface area contributed by atoms with E-state index in [1.807, 2.05) is 22.7 Å². The van der Waals surface area contributed by atoms with Gasteiger partial charge in [0.2, 0.25) is 4.96 Å². The highest BCUT2D eigenvalue weighted by Crippen LogP contribution is 2.29. The number of fused-ring (bicyclic) bond motifs is 1. The molecule has 0 aliphatic heterocycles. The van der Waals surface area contributed by atoms with Gasteiger partial charge in [-0.3, -0.25) is 0 Å². The molecule has 0 bridgehead atoms. The molecule has 0 aliphatic carbocycles. The topological polar surface area (TPSA) is 43.1 Å². The summed E-state index contributed by atoms with van der Waals surface area (Å²) in [5, 5.41) is 14.3. The van der Waals surface area contributed by atoms with Crippen LogP contribution in [-0.2, 0) is 11.8 Å². The van der Waals surface area contributed by atoms with Crippen molar-refractivity contribution in [3.05, 3.63) is 71.5 Å². The molecule has 126 valence electrons. The maximum absolute atomic E-state index is 4.74. The van der Waals surface area contributed by atoms with Crippen molar-refractivity contribution >= 4 is 16.3 Å². The third-order valence-corrected chi connectivity index (χ3v) is 5.21. The van der Waals surface area contributed by atoms with Crippen molar-refractivity contribution in [3.63, 3.8) is 0 Å². The molecule has 2 aromatic carbocycles. The Labute approximate surface area is 151 Å². The Morgan fingerprint density at radius 2 is 1.64 bits per heavy atom. The number of rotatable bonds is 3. The fourth-order valence-corrected chi connectivity index (χ4v) is 3.64. The number of aromatic nitrogens is 4. The van der Waals surface area contributed by atoms with Gasteiger partial charge in [0, 0.05) is 12.0 Å². The molecule has 0 atom stereocenters. The Kier molecular flexibility index (Phi) is 3.88. The van der Waals surface area contributed by atoms with Gasteiger partial charge in [-0.25, -0.2) is 0 Å². The Morgan fingerprint density at radius 3 is 2.32 bits per heavy atom. The molecule has 0 spiro atoms. The fourth-order valence-electron chi connectivity index (χ4n) is 2.78. The summed E-state index contributed by atoms with van der Waals surface area (Å²) in [6.07, 6.45) is 0.730. The van der Waals surface area contributed by atoms with Crippen LogP contribution in [0.3, 0.4) is 0 Å². The van der Waals surface area contributed by atoms with E-state index < -0.39 is 0 Å². The smallest absolute Gasteiger partial charge is 0.187 e. The molecule has 0 amide bonds. The van der Waals surface area contributed by atoms with Crippen molar-refractivity contribution in [1.82, 2.24) is 19.8 Å². The fraction of sp³-hybridized carbons (Fsp3) is 0.250. The van der Waals surface area contributed by atoms with Crippen LogP contribution >= 0.6 is 11.3 Å². The molecule has 5 heteroatoms. The van der Waals surface area contributed by atoms with Crippen LogP contribution in [0, 0.1) is 0 Å². The van der Waals surface area contributed by atoms with Crippen molar-refractivity contribution in [2.75, 3.05) is 0 Å². The highest BCUT2D eigenvalue weighted by Gasteiger charge is 2.16. The predicted molar refractivity (Wildman–Crippen MR) is 102 cm³/mol. The van der Waals surface area contributed by atoms with Gasteiger partial charge in [0.05, 0.1) is 0 Å². The first-order valence-corrected chi connectivity index (χ1v) is 9.18. The lowest BCUT2D eigenvalue weighted by atomic mass is 9.87. The molecule has 0 fully saturated rings. The highest BCUT2D eigenvalue weighted by atomic mass is 32.1. The summed E-state index contributed by atoms with van der Waals surface area (Å²) in [7, 11) is 0. The van der Waals surface area contributed by atoms with Gasteiger partial charge < -0.3 is 0 Å². The van der Waals surface area contributed by atoms with Crippen LogP contribution in [0.5, 0.6) is 0 Å². The molecular weight excluding hydrogens is 328 g/mol. The summed E-state index contributed by atoms with van der Waals surface area (Å²) in [6, 6.07) is 18.9. The Balaban J connectivity index is 1.66. The second-order valence-corrected chi connectivity index (χ2v) is 8.16. The molecule has 0 radical (unpaired) electrons. The zero-order chi connectivity index (χ0) is 17.4. The number of hydrogen-bond donors (Lipinski definition) is 0. The van der Waals surface area contributed by atoms with Crippen LogP contribution in [0.25, 0.3) is 15.5 Å². The van der Waals surface area contributed by atoms with E-state index in [1.54, 1.807) is 11.3 Å². The molecule has 25 heavy (non-hydrogen) atoms. The van der Waals surface area contributed by atoms with Crippen molar-refractivity contribution in [3.8, 4) is 10.6 Å². The molecule has 0 saturated heterocycles. The van der Waals surface area contributed by atoms with Crippen LogP contribution < -0.4 is 0 Å². The van der Waals surface area contributed by atoms with Crippen molar-refractivity contribution in [1.29, 1.82) is 0 Å². The Morgan fingerprint density at radius 1 is 0.920 bits per heavy atom. The van der Waals surface area contributed by atoms with E-state index in [4.69, 9.17) is 5.10 Å². The van der Waals surface area contributed by atoms with E-state index in [-0.39, 0.29) is 5.41 Å². The van der Waals surface area contributed by atoms with E-state index in [9.17, 15) is 0 Å². The Hall–Kier alpha value is -2.53. The quantitative estimate of drug-likeness (QED) is 0.537. The molecule has 0 unspecified atom stereocenters. The summed E-state index contributed by atoms with van der Waals surface area (Å²) in [6.45, 7) is 6.67. The maximum atomic E-state index is 4.74. The van der Waals surface area contributed by atoms with Crippen LogP contribution in [0.1, 0.15) is 37.7 Å². The lowest BCUT2D eigenvalue weighted by Gasteiger charge is -2.18. The third-order valence-electron chi connectivity index (χ3n) is 4.26. The van der Waals surface area contributed by atoms with Gasteiger partial charge >= 0.3 is 0 Å². The van der Waals surface area contributed by atoms with Crippen LogP contribution in [0.15, 0.2) is 54.6 Å². The van der Waals surface area contributed by atoms with Gasteiger partial charge in [0.15, 0.2) is 5.82 Å². The van der Waals surface area contributed by atoms with Gasteiger partial charge in [0.1, 0.15) is 5.01 Å². The summed E-state index contributed by atoms with van der Waals surface area (Å²) in [5.74, 6) is 0.870. The summed E-state index contributed by atoms with van der Waals surface area (Å²) in [4.78, 5) is 0.834. The normalized spacial score (nSPS) is 12.0. The van der Waals surface area contributed by atoms with Crippen molar-refractivity contribution < 1.29 is 0 Å². The molecule has 4 rings (SSSR count). The Bertz CT molecular complexity index is 992. The summed E-state index contributed by atoms with van der Waals surface area (Å²) >= 11 is 1.57. The van der Waals surface area contributed by atoms with Crippen molar-refractivity contribution in [2.45, 2.75) is 32.6 Å². The number of benzene rings is 2. The summed E-state index contributed by atoms with van der Waals surface area (Å²) < 4.78 is 1.87. The molecule has 2 heterocycles. The first kappa shape index (κ1) is 16.0. The van der Waals surface area contributed by atoms with E-state index >= 15 is 0 Å². The van der Waals surface area contributed by atoms with Gasteiger partial charge in [-0.1, -0.05) is 86.7 Å². The van der Waals surface area contributed by atoms with E-state index in [0.29, 0.717) is 0 Å². The minimum Gasteiger partial charge on any atom is -0.187 e. The van der Waals surface area contributed by atoms with Gasteiger partial charge in [-0.15, -0.1) is 10.2 Å². The first-order chi connectivity index (χ1) is 12.0. The number of hydrogen-bond acceptors (Lipinski definition) is 4. The number of nitrogens with zero attached hydrogens (tertiary/aromatic N) is 4. The third kappa shape index (κ3) is 3.20. The first-order valence-electron chi connectivity index (χ1n) is 8.37. The van der Waals surface area contributed by atoms with Gasteiger partial charge in [-0.05, 0) is 16.5 Å². The van der Waals surface area contributed by atoms with Gasteiger partial charge in [0.25, 0.3) is 0 Å². The monoisotopic (exact) mass is 348 g/mol. The summed E-state index contributed by atoms with van der Waals surface area (Å²) in [5.41, 5.74) is 3.81. The molecular formula is C20H20N4S. The van der Waals surface area contributed by atoms with E-state index in [1.165, 1.54) is 11.1 Å². The predicted octanol–water partition coefficient (Wildman–Crippen LogP) is 4.74. The average molecular weight is 348 g/mol. The second kappa shape index (κ2) is 6.08. The standard InChI is InChI=1S/C20H20N4S/c1-20(2,3)16-11-9-15(10-12-16)18-23-24-17(21-22-19(24)25-18)13-14-7-5-4-6-8-14/h4-12H,13H2,1-3H3.